The molecule has 0 aliphatic carbocycles. The highest BCUT2D eigenvalue weighted by Crippen LogP contribution is 2.46. The normalized spacial score (nSPS) is 29.5. The van der Waals surface area contributed by atoms with Crippen LogP contribution in [0.15, 0.2) is 12.7 Å². The van der Waals surface area contributed by atoms with E-state index in [1.54, 1.807) is 4.57 Å². The van der Waals surface area contributed by atoms with E-state index in [1.165, 1.54) is 24.4 Å². The Hall–Kier alpha value is -1.46. The maximum absolute atomic E-state index is 10.7. The van der Waals surface area contributed by atoms with Crippen LogP contribution in [0, 0.1) is 0 Å². The molecule has 1 fully saturated rings. The Balaban J connectivity index is 2.03. The molecule has 0 radical (unpaired) electrons. The molecule has 2 aromatic rings. The molecule has 3 rings (SSSR count). The monoisotopic (exact) mass is 369 g/mol. The van der Waals surface area contributed by atoms with E-state index in [2.05, 4.69) is 21.9 Å². The van der Waals surface area contributed by atoms with Crippen molar-refractivity contribution in [1.29, 1.82) is 0 Å². The summed E-state index contributed by atoms with van der Waals surface area (Å²) in [5.41, 5.74) is 6.64. The predicted octanol–water partition coefficient (Wildman–Crippen LogP) is 0.0551. The lowest BCUT2D eigenvalue weighted by Crippen LogP contribution is -2.43. The van der Waals surface area contributed by atoms with Crippen LogP contribution in [0.5, 0.6) is 0 Å². The van der Waals surface area contributed by atoms with Gasteiger partial charge in [-0.15, -0.1) is 11.8 Å². The number of imidazole rings is 1. The number of aliphatic hydroxyl groups excluding tert-OH is 3. The van der Waals surface area contributed by atoms with Crippen molar-refractivity contribution in [3.8, 4) is 0 Å². The number of hydrogen-bond donors (Lipinski definition) is 4. The molecule has 0 spiro atoms. The van der Waals surface area contributed by atoms with Crippen molar-refractivity contribution in [2.75, 3.05) is 18.1 Å². The van der Waals surface area contributed by atoms with Crippen LogP contribution in [0.25, 0.3) is 11.2 Å². The van der Waals surface area contributed by atoms with E-state index in [4.69, 9.17) is 10.5 Å². The summed E-state index contributed by atoms with van der Waals surface area (Å²) in [5.74, 6) is 0.928. The Labute approximate surface area is 149 Å². The van der Waals surface area contributed by atoms with Gasteiger partial charge in [0.05, 0.1) is 6.61 Å². The number of fused-ring (bicyclic) bond motifs is 1. The van der Waals surface area contributed by atoms with Crippen molar-refractivity contribution in [2.24, 2.45) is 0 Å². The quantitative estimate of drug-likeness (QED) is 0.499. The summed E-state index contributed by atoms with van der Waals surface area (Å²) in [5, 5.41) is 29.2. The van der Waals surface area contributed by atoms with Gasteiger partial charge in [-0.2, -0.15) is 0 Å². The Bertz CT molecular complexity index is 729. The number of aromatic nitrogens is 4. The van der Waals surface area contributed by atoms with Gasteiger partial charge in [-0.1, -0.05) is 19.8 Å². The third-order valence-electron chi connectivity index (χ3n) is 4.33. The van der Waals surface area contributed by atoms with Crippen LogP contribution < -0.4 is 5.73 Å². The second kappa shape index (κ2) is 7.42. The van der Waals surface area contributed by atoms with Gasteiger partial charge in [0.15, 0.2) is 11.5 Å². The van der Waals surface area contributed by atoms with Crippen molar-refractivity contribution in [3.63, 3.8) is 0 Å². The van der Waals surface area contributed by atoms with Gasteiger partial charge < -0.3 is 25.8 Å². The third kappa shape index (κ3) is 3.08. The molecule has 0 unspecified atom stereocenters. The molecule has 4 atom stereocenters. The van der Waals surface area contributed by atoms with Gasteiger partial charge in [-0.25, -0.2) is 15.0 Å². The van der Waals surface area contributed by atoms with Crippen molar-refractivity contribution in [3.05, 3.63) is 12.7 Å². The van der Waals surface area contributed by atoms with E-state index in [0.717, 1.165) is 19.3 Å². The van der Waals surface area contributed by atoms with Gasteiger partial charge in [0, 0.05) is 0 Å². The summed E-state index contributed by atoms with van der Waals surface area (Å²) in [4.78, 5) is 12.3. The SMILES string of the molecule is CCCCCS[C@@]1(n2cnc3c(N)ncnc32)O[C@H](CO)[C@@H](O)[C@H]1O. The molecule has 0 amide bonds. The maximum atomic E-state index is 10.7. The molecule has 138 valence electrons. The van der Waals surface area contributed by atoms with Crippen LogP contribution in [0.4, 0.5) is 5.82 Å². The minimum absolute atomic E-state index is 0.224. The predicted molar refractivity (Wildman–Crippen MR) is 93.7 cm³/mol. The molecule has 5 N–H and O–H groups in total. The lowest BCUT2D eigenvalue weighted by molar-refractivity contribution is -0.0776. The van der Waals surface area contributed by atoms with Gasteiger partial charge in [-0.3, -0.25) is 4.57 Å². The minimum Gasteiger partial charge on any atom is -0.394 e. The summed E-state index contributed by atoms with van der Waals surface area (Å²) < 4.78 is 7.50. The highest BCUT2D eigenvalue weighted by atomic mass is 32.2. The lowest BCUT2D eigenvalue weighted by Gasteiger charge is -2.33. The fourth-order valence-corrected chi connectivity index (χ4v) is 4.38. The van der Waals surface area contributed by atoms with Gasteiger partial charge in [0.2, 0.25) is 5.06 Å². The van der Waals surface area contributed by atoms with Crippen molar-refractivity contribution < 1.29 is 20.1 Å². The first-order valence-electron chi connectivity index (χ1n) is 8.28. The van der Waals surface area contributed by atoms with Gasteiger partial charge >= 0.3 is 0 Å². The smallest absolute Gasteiger partial charge is 0.225 e. The first-order valence-corrected chi connectivity index (χ1v) is 9.26. The van der Waals surface area contributed by atoms with Crippen molar-refractivity contribution >= 4 is 28.7 Å². The molecule has 25 heavy (non-hydrogen) atoms. The summed E-state index contributed by atoms with van der Waals surface area (Å²) in [6.07, 6.45) is 2.45. The zero-order chi connectivity index (χ0) is 18.0. The van der Waals surface area contributed by atoms with Crippen LogP contribution in [0.1, 0.15) is 26.2 Å². The number of aliphatic hydroxyl groups is 3. The molecule has 2 aromatic heterocycles. The van der Waals surface area contributed by atoms with Crippen LogP contribution in [0.3, 0.4) is 0 Å². The average Bonchev–Trinajstić information content (AvgIpc) is 3.15. The topological polar surface area (TPSA) is 140 Å². The van der Waals surface area contributed by atoms with Crippen LogP contribution >= 0.6 is 11.8 Å². The number of hydrogen-bond acceptors (Lipinski definition) is 9. The van der Waals surface area contributed by atoms with Crippen LogP contribution in [0.2, 0.25) is 0 Å². The Morgan fingerprint density at radius 1 is 1.32 bits per heavy atom. The van der Waals surface area contributed by atoms with Gasteiger partial charge in [0.1, 0.15) is 36.5 Å². The summed E-state index contributed by atoms with van der Waals surface area (Å²) in [6, 6.07) is 0. The number of nitrogens with zero attached hydrogens (tertiary/aromatic N) is 4. The average molecular weight is 369 g/mol. The first-order chi connectivity index (χ1) is 12.0. The molecule has 1 aliphatic rings. The third-order valence-corrected chi connectivity index (χ3v) is 5.77. The van der Waals surface area contributed by atoms with E-state index in [0.29, 0.717) is 16.9 Å². The number of thioether (sulfide) groups is 1. The van der Waals surface area contributed by atoms with Crippen LogP contribution in [-0.2, 0) is 9.79 Å². The highest BCUT2D eigenvalue weighted by molar-refractivity contribution is 7.99. The molecular formula is C15H23N5O4S. The molecular weight excluding hydrogens is 346 g/mol. The first kappa shape index (κ1) is 18.3. The number of ether oxygens (including phenoxy) is 1. The second-order valence-electron chi connectivity index (χ2n) is 6.01. The standard InChI is InChI=1S/C15H23N5O4S/c1-2-3-4-5-25-15(12(23)11(22)9(6-21)24-15)20-8-19-10-13(16)17-7-18-14(10)20/h7-9,11-12,21-23H,2-6H2,1H3,(H2,16,17,18)/t9-,11-,12-,15+/m1/s1. The Kier molecular flexibility index (Phi) is 5.44. The molecule has 0 saturated carbocycles. The lowest BCUT2D eigenvalue weighted by atomic mass is 10.1. The molecule has 1 aliphatic heterocycles. The maximum Gasteiger partial charge on any atom is 0.225 e. The molecule has 1 saturated heterocycles. The summed E-state index contributed by atoms with van der Waals surface area (Å²) >= 11 is 1.36. The van der Waals surface area contributed by atoms with E-state index >= 15 is 0 Å². The second-order valence-corrected chi connectivity index (χ2v) is 7.29. The largest absolute Gasteiger partial charge is 0.394 e. The fraction of sp³-hybridized carbons (Fsp3) is 0.667. The molecule has 0 bridgehead atoms. The number of nitrogen functional groups attached to an aromatic ring is 1. The minimum atomic E-state index is -1.34. The van der Waals surface area contributed by atoms with Crippen molar-refractivity contribution in [2.45, 2.75) is 49.6 Å². The summed E-state index contributed by atoms with van der Waals surface area (Å²) in [7, 11) is 0. The number of anilines is 1. The van der Waals surface area contributed by atoms with Gasteiger partial charge in [-0.05, 0) is 12.2 Å². The van der Waals surface area contributed by atoms with E-state index in [9.17, 15) is 15.3 Å². The fourth-order valence-electron chi connectivity index (χ4n) is 2.96. The zero-order valence-corrected chi connectivity index (χ0v) is 14.8. The number of rotatable bonds is 7. The number of nitrogens with two attached hydrogens (primary N) is 1. The van der Waals surface area contributed by atoms with E-state index < -0.39 is 30.0 Å². The zero-order valence-electron chi connectivity index (χ0n) is 13.9. The van der Waals surface area contributed by atoms with Crippen LogP contribution in [-0.4, -0.2) is 65.5 Å². The Morgan fingerprint density at radius 3 is 2.80 bits per heavy atom. The molecule has 10 heteroatoms. The van der Waals surface area contributed by atoms with E-state index in [-0.39, 0.29) is 5.82 Å². The molecule has 3 heterocycles. The van der Waals surface area contributed by atoms with Crippen molar-refractivity contribution in [1.82, 2.24) is 19.5 Å². The highest BCUT2D eigenvalue weighted by Gasteiger charge is 2.56. The van der Waals surface area contributed by atoms with Gasteiger partial charge in [0.25, 0.3) is 0 Å². The molecule has 9 nitrogen and oxygen atoms in total. The Morgan fingerprint density at radius 2 is 2.12 bits per heavy atom. The molecule has 0 aromatic carbocycles. The van der Waals surface area contributed by atoms with E-state index in [1.807, 2.05) is 0 Å². The number of unbranched alkanes of at least 4 members (excludes halogenated alkanes) is 2. The summed E-state index contributed by atoms with van der Waals surface area (Å²) in [6.45, 7) is 1.70.